The molecule has 1 saturated carbocycles. The Hall–Kier alpha value is -0.590. The SMILES string of the molecule is CCCCN(CC(C#N)(NC)C1CC1)C(C)CC. The van der Waals surface area contributed by atoms with Crippen LogP contribution in [-0.2, 0) is 0 Å². The lowest BCUT2D eigenvalue weighted by molar-refractivity contribution is 0.151. The summed E-state index contributed by atoms with van der Waals surface area (Å²) in [6, 6.07) is 3.13. The monoisotopic (exact) mass is 251 g/mol. The Bertz CT molecular complexity index is 280. The van der Waals surface area contributed by atoms with E-state index >= 15 is 0 Å². The van der Waals surface area contributed by atoms with Crippen molar-refractivity contribution in [2.75, 3.05) is 20.1 Å². The highest BCUT2D eigenvalue weighted by molar-refractivity contribution is 5.16. The molecule has 0 saturated heterocycles. The zero-order valence-corrected chi connectivity index (χ0v) is 12.5. The summed E-state index contributed by atoms with van der Waals surface area (Å²) in [4.78, 5) is 2.50. The van der Waals surface area contributed by atoms with E-state index < -0.39 is 0 Å². The second kappa shape index (κ2) is 7.11. The van der Waals surface area contributed by atoms with Crippen LogP contribution in [0.5, 0.6) is 0 Å². The summed E-state index contributed by atoms with van der Waals surface area (Å²) in [5.74, 6) is 0.556. The lowest BCUT2D eigenvalue weighted by Crippen LogP contribution is -2.54. The van der Waals surface area contributed by atoms with Crippen LogP contribution in [0.15, 0.2) is 0 Å². The maximum Gasteiger partial charge on any atom is 0.122 e. The first-order valence-electron chi connectivity index (χ1n) is 7.47. The number of nitrogens with zero attached hydrogens (tertiary/aromatic N) is 2. The second-order valence-electron chi connectivity index (χ2n) is 5.69. The normalized spacial score (nSPS) is 20.4. The zero-order chi connectivity index (χ0) is 13.6. The summed E-state index contributed by atoms with van der Waals surface area (Å²) in [5, 5.41) is 12.9. The molecule has 2 unspecified atom stereocenters. The Morgan fingerprint density at radius 2 is 2.11 bits per heavy atom. The molecule has 0 aromatic carbocycles. The standard InChI is InChI=1S/C15H29N3/c1-5-7-10-18(13(3)6-2)12-15(11-16,17-4)14-8-9-14/h13-14,17H,5-10,12H2,1-4H3. The Morgan fingerprint density at radius 1 is 1.44 bits per heavy atom. The van der Waals surface area contributed by atoms with Gasteiger partial charge in [0.2, 0.25) is 0 Å². The van der Waals surface area contributed by atoms with Gasteiger partial charge in [0, 0.05) is 12.6 Å². The maximum absolute atomic E-state index is 9.58. The van der Waals surface area contributed by atoms with E-state index in [1.807, 2.05) is 7.05 Å². The van der Waals surface area contributed by atoms with Gasteiger partial charge in [-0.3, -0.25) is 4.90 Å². The molecule has 1 rings (SSSR count). The van der Waals surface area contributed by atoms with Gasteiger partial charge >= 0.3 is 0 Å². The third-order valence-electron chi connectivity index (χ3n) is 4.39. The first kappa shape index (κ1) is 15.5. The van der Waals surface area contributed by atoms with Crippen LogP contribution in [0.25, 0.3) is 0 Å². The summed E-state index contributed by atoms with van der Waals surface area (Å²) in [6.07, 6.45) is 6.00. The van der Waals surface area contributed by atoms with E-state index in [2.05, 4.69) is 37.1 Å². The zero-order valence-electron chi connectivity index (χ0n) is 12.5. The largest absolute Gasteiger partial charge is 0.301 e. The van der Waals surface area contributed by atoms with Gasteiger partial charge in [-0.05, 0) is 52.1 Å². The third-order valence-corrected chi connectivity index (χ3v) is 4.39. The van der Waals surface area contributed by atoms with Gasteiger partial charge in [-0.15, -0.1) is 0 Å². The summed E-state index contributed by atoms with van der Waals surface area (Å²) in [5.41, 5.74) is -0.322. The molecule has 0 bridgehead atoms. The lowest BCUT2D eigenvalue weighted by atomic mass is 9.93. The summed E-state index contributed by atoms with van der Waals surface area (Å²) >= 11 is 0. The van der Waals surface area contributed by atoms with Gasteiger partial charge in [0.05, 0.1) is 6.07 Å². The van der Waals surface area contributed by atoms with Gasteiger partial charge in [-0.2, -0.15) is 5.26 Å². The predicted molar refractivity (Wildman–Crippen MR) is 76.4 cm³/mol. The van der Waals surface area contributed by atoms with Crippen LogP contribution in [0.4, 0.5) is 0 Å². The van der Waals surface area contributed by atoms with Gasteiger partial charge in [0.25, 0.3) is 0 Å². The highest BCUT2D eigenvalue weighted by Crippen LogP contribution is 2.40. The molecule has 0 aliphatic heterocycles. The van der Waals surface area contributed by atoms with Crippen molar-refractivity contribution >= 4 is 0 Å². The third kappa shape index (κ3) is 3.70. The van der Waals surface area contributed by atoms with E-state index in [4.69, 9.17) is 0 Å². The van der Waals surface area contributed by atoms with Crippen LogP contribution in [0.3, 0.4) is 0 Å². The van der Waals surface area contributed by atoms with E-state index in [1.54, 1.807) is 0 Å². The first-order chi connectivity index (χ1) is 8.63. The highest BCUT2D eigenvalue weighted by Gasteiger charge is 2.45. The van der Waals surface area contributed by atoms with Crippen molar-refractivity contribution in [2.24, 2.45) is 5.92 Å². The minimum atomic E-state index is -0.322. The average molecular weight is 251 g/mol. The van der Waals surface area contributed by atoms with Crippen LogP contribution in [-0.4, -0.2) is 36.6 Å². The number of nitrogens with one attached hydrogen (secondary N) is 1. The molecule has 2 atom stereocenters. The molecule has 0 aromatic rings. The van der Waals surface area contributed by atoms with Crippen LogP contribution in [0.2, 0.25) is 0 Å². The van der Waals surface area contributed by atoms with Crippen LogP contribution in [0, 0.1) is 17.2 Å². The van der Waals surface area contributed by atoms with Crippen molar-refractivity contribution in [1.29, 1.82) is 5.26 Å². The molecule has 0 spiro atoms. The molecular weight excluding hydrogens is 222 g/mol. The number of hydrogen-bond donors (Lipinski definition) is 1. The Labute approximate surface area is 113 Å². The molecule has 3 heteroatoms. The number of hydrogen-bond acceptors (Lipinski definition) is 3. The molecule has 18 heavy (non-hydrogen) atoms. The highest BCUT2D eigenvalue weighted by atomic mass is 15.2. The van der Waals surface area contributed by atoms with Gasteiger partial charge in [-0.1, -0.05) is 20.3 Å². The molecule has 3 nitrogen and oxygen atoms in total. The molecule has 1 fully saturated rings. The molecule has 1 N–H and O–H groups in total. The van der Waals surface area contributed by atoms with Crippen LogP contribution < -0.4 is 5.32 Å². The van der Waals surface area contributed by atoms with Gasteiger partial charge in [0.15, 0.2) is 0 Å². The smallest absolute Gasteiger partial charge is 0.122 e. The number of nitriles is 1. The molecule has 104 valence electrons. The van der Waals surface area contributed by atoms with E-state index in [0.29, 0.717) is 12.0 Å². The number of likely N-dealkylation sites (N-methyl/N-ethyl adjacent to an activating group) is 1. The van der Waals surface area contributed by atoms with Crippen molar-refractivity contribution in [3.8, 4) is 6.07 Å². The van der Waals surface area contributed by atoms with Gasteiger partial charge < -0.3 is 5.32 Å². The minimum Gasteiger partial charge on any atom is -0.301 e. The average Bonchev–Trinajstić information content (AvgIpc) is 3.23. The molecule has 1 aliphatic carbocycles. The van der Waals surface area contributed by atoms with Crippen molar-refractivity contribution in [3.05, 3.63) is 0 Å². The fourth-order valence-electron chi connectivity index (χ4n) is 2.57. The summed E-state index contributed by atoms with van der Waals surface area (Å²) < 4.78 is 0. The molecule has 0 radical (unpaired) electrons. The van der Waals surface area contributed by atoms with Crippen molar-refractivity contribution < 1.29 is 0 Å². The van der Waals surface area contributed by atoms with E-state index in [9.17, 15) is 5.26 Å². The fraction of sp³-hybridized carbons (Fsp3) is 0.933. The fourth-order valence-corrected chi connectivity index (χ4v) is 2.57. The van der Waals surface area contributed by atoms with Gasteiger partial charge in [0.1, 0.15) is 5.54 Å². The van der Waals surface area contributed by atoms with Crippen molar-refractivity contribution in [1.82, 2.24) is 10.2 Å². The molecular formula is C15H29N3. The van der Waals surface area contributed by atoms with E-state index in [1.165, 1.54) is 25.7 Å². The van der Waals surface area contributed by atoms with Crippen molar-refractivity contribution in [3.63, 3.8) is 0 Å². The number of rotatable bonds is 9. The summed E-state index contributed by atoms with van der Waals surface area (Å²) in [7, 11) is 1.94. The second-order valence-corrected chi connectivity index (χ2v) is 5.69. The van der Waals surface area contributed by atoms with E-state index in [0.717, 1.165) is 19.5 Å². The topological polar surface area (TPSA) is 39.1 Å². The quantitative estimate of drug-likeness (QED) is 0.685. The first-order valence-corrected chi connectivity index (χ1v) is 7.47. The Morgan fingerprint density at radius 3 is 2.50 bits per heavy atom. The van der Waals surface area contributed by atoms with Crippen molar-refractivity contribution in [2.45, 2.75) is 64.5 Å². The number of unbranched alkanes of at least 4 members (excludes halogenated alkanes) is 1. The predicted octanol–water partition coefficient (Wildman–Crippen LogP) is 2.78. The Kier molecular flexibility index (Phi) is 6.11. The lowest BCUT2D eigenvalue weighted by Gasteiger charge is -2.36. The maximum atomic E-state index is 9.58. The minimum absolute atomic E-state index is 0.322. The van der Waals surface area contributed by atoms with Crippen LogP contribution in [0.1, 0.15) is 52.9 Å². The molecule has 0 amide bonds. The molecule has 1 aliphatic rings. The molecule has 0 heterocycles. The molecule has 0 aromatic heterocycles. The van der Waals surface area contributed by atoms with Gasteiger partial charge in [-0.25, -0.2) is 0 Å². The Balaban J connectivity index is 2.70. The van der Waals surface area contributed by atoms with Crippen LogP contribution >= 0.6 is 0 Å². The summed E-state index contributed by atoms with van der Waals surface area (Å²) in [6.45, 7) is 8.73. The van der Waals surface area contributed by atoms with E-state index in [-0.39, 0.29) is 5.54 Å².